The topological polar surface area (TPSA) is 90.7 Å². The summed E-state index contributed by atoms with van der Waals surface area (Å²) in [5.41, 5.74) is 1.47. The third-order valence-corrected chi connectivity index (χ3v) is 4.48. The molecule has 2 saturated heterocycles. The third kappa shape index (κ3) is 2.11. The van der Waals surface area contributed by atoms with Crippen molar-refractivity contribution in [2.45, 2.75) is 39.0 Å². The molecule has 2 fully saturated rings. The Balaban J connectivity index is 1.91. The number of aliphatic hydroxyl groups excluding tert-OH is 1. The van der Waals surface area contributed by atoms with Crippen LogP contribution in [0.4, 0.5) is 0 Å². The maximum atomic E-state index is 12.3. The molecule has 6 nitrogen and oxygen atoms in total. The van der Waals surface area contributed by atoms with Crippen molar-refractivity contribution in [2.24, 2.45) is 5.41 Å². The van der Waals surface area contributed by atoms with E-state index in [0.717, 1.165) is 5.56 Å². The van der Waals surface area contributed by atoms with Gasteiger partial charge in [-0.3, -0.25) is 9.78 Å². The number of carboxylic acid groups (broad SMARTS) is 1. The number of hydrogen-bond acceptors (Lipinski definition) is 4. The number of carboxylic acids is 1. The minimum Gasteiger partial charge on any atom is -0.480 e. The van der Waals surface area contributed by atoms with Gasteiger partial charge in [-0.25, -0.2) is 4.79 Å². The Morgan fingerprint density at radius 2 is 2.27 bits per heavy atom. The number of β-lactam (4-membered cyclic amide) rings is 1. The van der Waals surface area contributed by atoms with Crippen molar-refractivity contribution in [3.63, 3.8) is 0 Å². The van der Waals surface area contributed by atoms with Gasteiger partial charge >= 0.3 is 5.97 Å². The molecule has 3 rings (SSSR count). The van der Waals surface area contributed by atoms with Crippen molar-refractivity contribution >= 4 is 18.0 Å². The highest BCUT2D eigenvalue weighted by Gasteiger charge is 2.60. The Hall–Kier alpha value is -2.21. The van der Waals surface area contributed by atoms with Crippen LogP contribution in [0.3, 0.4) is 0 Å². The molecule has 116 valence electrons. The molecule has 1 aromatic rings. The van der Waals surface area contributed by atoms with Gasteiger partial charge in [-0.15, -0.1) is 0 Å². The molecule has 6 heteroatoms. The molecule has 0 spiro atoms. The molecule has 0 bridgehead atoms. The zero-order valence-electron chi connectivity index (χ0n) is 12.5. The summed E-state index contributed by atoms with van der Waals surface area (Å²) in [6, 6.07) is 2.48. The lowest BCUT2D eigenvalue weighted by atomic mass is 9.83. The summed E-state index contributed by atoms with van der Waals surface area (Å²) in [4.78, 5) is 29.4. The van der Waals surface area contributed by atoms with Crippen LogP contribution < -0.4 is 0 Å². The minimum atomic E-state index is -0.958. The highest BCUT2D eigenvalue weighted by molar-refractivity contribution is 6.08. The molecule has 0 aromatic carbocycles. The second-order valence-corrected chi connectivity index (χ2v) is 6.51. The predicted octanol–water partition coefficient (Wildman–Crippen LogP) is 1.05. The van der Waals surface area contributed by atoms with Gasteiger partial charge in [-0.2, -0.15) is 0 Å². The fourth-order valence-electron chi connectivity index (χ4n) is 3.45. The molecule has 2 N–H and O–H groups in total. The first kappa shape index (κ1) is 14.7. The van der Waals surface area contributed by atoms with Crippen LogP contribution in [-0.4, -0.2) is 44.1 Å². The van der Waals surface area contributed by atoms with Crippen LogP contribution in [0.15, 0.2) is 23.9 Å². The highest BCUT2D eigenvalue weighted by Crippen LogP contribution is 2.49. The Morgan fingerprint density at radius 1 is 1.55 bits per heavy atom. The molecule has 2 aliphatic rings. The number of nitrogens with zero attached hydrogens (tertiary/aromatic N) is 2. The predicted molar refractivity (Wildman–Crippen MR) is 78.6 cm³/mol. The normalized spacial score (nSPS) is 27.7. The van der Waals surface area contributed by atoms with Gasteiger partial charge in [0.15, 0.2) is 0 Å². The molecular weight excluding hydrogens is 284 g/mol. The van der Waals surface area contributed by atoms with Crippen LogP contribution in [0.5, 0.6) is 0 Å². The molecule has 1 aromatic heterocycles. The van der Waals surface area contributed by atoms with Crippen molar-refractivity contribution in [1.82, 2.24) is 9.88 Å². The quantitative estimate of drug-likeness (QED) is 0.643. The second-order valence-electron chi connectivity index (χ2n) is 6.51. The summed E-state index contributed by atoms with van der Waals surface area (Å²) in [5, 5.41) is 18.5. The Labute approximate surface area is 128 Å². The molecule has 22 heavy (non-hydrogen) atoms. The van der Waals surface area contributed by atoms with Crippen LogP contribution in [0.2, 0.25) is 0 Å². The molecule has 2 atom stereocenters. The van der Waals surface area contributed by atoms with E-state index in [9.17, 15) is 14.7 Å². The van der Waals surface area contributed by atoms with Crippen LogP contribution in [0.1, 0.15) is 31.5 Å². The molecule has 3 heterocycles. The largest absolute Gasteiger partial charge is 0.480 e. The molecule has 0 aliphatic carbocycles. The SMILES string of the molecule is CC1(C)CC2C(=Cc3cc(CO)ccn3)C(=O)N2C1C(=O)O. The summed E-state index contributed by atoms with van der Waals surface area (Å²) in [6.07, 6.45) is 3.90. The first-order valence-electron chi connectivity index (χ1n) is 7.18. The van der Waals surface area contributed by atoms with Gasteiger partial charge in [-0.05, 0) is 35.6 Å². The third-order valence-electron chi connectivity index (χ3n) is 4.48. The monoisotopic (exact) mass is 302 g/mol. The number of rotatable bonds is 3. The van der Waals surface area contributed by atoms with Crippen LogP contribution in [-0.2, 0) is 16.2 Å². The van der Waals surface area contributed by atoms with Crippen molar-refractivity contribution in [2.75, 3.05) is 0 Å². The maximum Gasteiger partial charge on any atom is 0.327 e. The number of aliphatic hydroxyl groups is 1. The number of hydrogen-bond donors (Lipinski definition) is 2. The van der Waals surface area contributed by atoms with Crippen molar-refractivity contribution in [3.8, 4) is 0 Å². The van der Waals surface area contributed by atoms with E-state index in [-0.39, 0.29) is 18.6 Å². The van der Waals surface area contributed by atoms with Gasteiger partial charge in [0.05, 0.1) is 18.3 Å². The van der Waals surface area contributed by atoms with Crippen molar-refractivity contribution < 1.29 is 19.8 Å². The van der Waals surface area contributed by atoms with E-state index < -0.39 is 17.4 Å². The maximum absolute atomic E-state index is 12.3. The van der Waals surface area contributed by atoms with Gasteiger partial charge in [-0.1, -0.05) is 13.8 Å². The summed E-state index contributed by atoms with van der Waals surface area (Å²) < 4.78 is 0. The number of carbonyl (C=O) groups excluding carboxylic acids is 1. The number of aliphatic carboxylic acids is 1. The first-order chi connectivity index (χ1) is 10.3. The minimum absolute atomic E-state index is 0.0870. The molecule has 0 radical (unpaired) electrons. The van der Waals surface area contributed by atoms with Crippen molar-refractivity contribution in [1.29, 1.82) is 0 Å². The fraction of sp³-hybridized carbons (Fsp3) is 0.438. The number of aromatic nitrogens is 1. The zero-order valence-corrected chi connectivity index (χ0v) is 12.5. The van der Waals surface area contributed by atoms with E-state index in [2.05, 4.69) is 4.98 Å². The summed E-state index contributed by atoms with van der Waals surface area (Å²) >= 11 is 0. The molecule has 2 aliphatic heterocycles. The Morgan fingerprint density at radius 3 is 2.91 bits per heavy atom. The Bertz CT molecular complexity index is 680. The standard InChI is InChI=1S/C16H18N2O4/c1-16(2)7-12-11(14(20)18(12)13(16)15(21)22)6-10-5-9(8-19)3-4-17-10/h3-6,12-13,19H,7-8H2,1-2H3,(H,21,22). The molecule has 2 unspecified atom stereocenters. The van der Waals surface area contributed by atoms with Gasteiger partial charge in [0.1, 0.15) is 6.04 Å². The molecule has 0 saturated carbocycles. The van der Waals surface area contributed by atoms with E-state index in [1.165, 1.54) is 4.90 Å². The first-order valence-corrected chi connectivity index (χ1v) is 7.18. The number of carbonyl (C=O) groups is 2. The van der Waals surface area contributed by atoms with Gasteiger partial charge in [0, 0.05) is 11.8 Å². The molecular formula is C16H18N2O4. The zero-order chi connectivity index (χ0) is 16.1. The van der Waals surface area contributed by atoms with Crippen molar-refractivity contribution in [3.05, 3.63) is 35.2 Å². The fourth-order valence-corrected chi connectivity index (χ4v) is 3.45. The summed E-state index contributed by atoms with van der Waals surface area (Å²) in [6.45, 7) is 3.66. The number of amides is 1. The lowest BCUT2D eigenvalue weighted by Crippen LogP contribution is -2.57. The van der Waals surface area contributed by atoms with Crippen LogP contribution in [0, 0.1) is 5.41 Å². The number of pyridine rings is 1. The number of fused-ring (bicyclic) bond motifs is 1. The lowest BCUT2D eigenvalue weighted by molar-refractivity contribution is -0.154. The summed E-state index contributed by atoms with van der Waals surface area (Å²) in [5.74, 6) is -1.19. The van der Waals surface area contributed by atoms with Crippen LogP contribution >= 0.6 is 0 Å². The van der Waals surface area contributed by atoms with Gasteiger partial charge in [0.2, 0.25) is 0 Å². The van der Waals surface area contributed by atoms with E-state index in [1.54, 1.807) is 24.4 Å². The second kappa shape index (κ2) is 4.91. The lowest BCUT2D eigenvalue weighted by Gasteiger charge is -2.40. The average Bonchev–Trinajstić information content (AvgIpc) is 2.73. The molecule has 1 amide bonds. The van der Waals surface area contributed by atoms with Gasteiger partial charge in [0.25, 0.3) is 5.91 Å². The average molecular weight is 302 g/mol. The van der Waals surface area contributed by atoms with E-state index in [0.29, 0.717) is 17.7 Å². The van der Waals surface area contributed by atoms with Gasteiger partial charge < -0.3 is 15.1 Å². The highest BCUT2D eigenvalue weighted by atomic mass is 16.4. The van der Waals surface area contributed by atoms with E-state index >= 15 is 0 Å². The Kier molecular flexibility index (Phi) is 3.29. The van der Waals surface area contributed by atoms with Crippen LogP contribution in [0.25, 0.3) is 6.08 Å². The summed E-state index contributed by atoms with van der Waals surface area (Å²) in [7, 11) is 0. The smallest absolute Gasteiger partial charge is 0.327 e. The van der Waals surface area contributed by atoms with E-state index in [1.807, 2.05) is 13.8 Å². The van der Waals surface area contributed by atoms with E-state index in [4.69, 9.17) is 5.11 Å².